The number of aliphatic hydroxyl groups excluding tert-OH is 3. The van der Waals surface area contributed by atoms with Gasteiger partial charge in [-0.2, -0.15) is 0 Å². The second kappa shape index (κ2) is 4.23. The maximum Gasteiger partial charge on any atom is 0.107 e. The molecule has 0 aliphatic heterocycles. The number of hydrogen-bond acceptors (Lipinski definition) is 4. The molecule has 0 spiro atoms. The molecule has 5 N–H and O–H groups in total. The molecule has 4 nitrogen and oxygen atoms in total. The number of nitrogens with two attached hydrogens (primary N) is 1. The van der Waals surface area contributed by atoms with Crippen molar-refractivity contribution in [3.63, 3.8) is 0 Å². The van der Waals surface area contributed by atoms with Gasteiger partial charge in [-0.3, -0.25) is 0 Å². The van der Waals surface area contributed by atoms with E-state index in [0.29, 0.717) is 11.3 Å². The van der Waals surface area contributed by atoms with Gasteiger partial charge in [0.05, 0.1) is 6.61 Å². The predicted molar refractivity (Wildman–Crippen MR) is 48.9 cm³/mol. The Morgan fingerprint density at radius 1 is 1.15 bits per heavy atom. The Morgan fingerprint density at radius 2 is 1.69 bits per heavy atom. The highest BCUT2D eigenvalue weighted by atomic mass is 16.4. The third kappa shape index (κ3) is 2.42. The summed E-state index contributed by atoms with van der Waals surface area (Å²) in [6, 6.07) is 6.48. The number of anilines is 1. The lowest BCUT2D eigenvalue weighted by Gasteiger charge is -2.15. The first-order valence-corrected chi connectivity index (χ1v) is 3.97. The molecule has 0 amide bonds. The largest absolute Gasteiger partial charge is 0.399 e. The van der Waals surface area contributed by atoms with E-state index < -0.39 is 18.8 Å². The van der Waals surface area contributed by atoms with Gasteiger partial charge < -0.3 is 21.1 Å². The van der Waals surface area contributed by atoms with Gasteiger partial charge in [-0.05, 0) is 17.7 Å². The molecule has 1 rings (SSSR count). The minimum atomic E-state index is -1.15. The Kier molecular flexibility index (Phi) is 3.25. The summed E-state index contributed by atoms with van der Waals surface area (Å²) in [5, 5.41) is 27.1. The molecule has 0 aliphatic carbocycles. The minimum Gasteiger partial charge on any atom is -0.399 e. The third-order valence-electron chi connectivity index (χ3n) is 1.83. The van der Waals surface area contributed by atoms with Crippen molar-refractivity contribution < 1.29 is 15.3 Å². The molecular weight excluding hydrogens is 170 g/mol. The van der Waals surface area contributed by atoms with Gasteiger partial charge in [0.1, 0.15) is 12.2 Å². The van der Waals surface area contributed by atoms with Gasteiger partial charge in [0.15, 0.2) is 0 Å². The van der Waals surface area contributed by atoms with Crippen molar-refractivity contribution in [1.29, 1.82) is 0 Å². The number of rotatable bonds is 3. The van der Waals surface area contributed by atoms with E-state index in [-0.39, 0.29) is 0 Å². The summed E-state index contributed by atoms with van der Waals surface area (Å²) in [6.45, 7) is -0.467. The maximum absolute atomic E-state index is 9.43. The van der Waals surface area contributed by atoms with Crippen LogP contribution < -0.4 is 5.73 Å². The van der Waals surface area contributed by atoms with Crippen molar-refractivity contribution in [3.8, 4) is 0 Å². The second-order valence-corrected chi connectivity index (χ2v) is 2.86. The van der Waals surface area contributed by atoms with Gasteiger partial charge in [0.25, 0.3) is 0 Å². The quantitative estimate of drug-likeness (QED) is 0.483. The van der Waals surface area contributed by atoms with E-state index in [4.69, 9.17) is 15.9 Å². The van der Waals surface area contributed by atoms with Gasteiger partial charge in [-0.1, -0.05) is 12.1 Å². The van der Waals surface area contributed by atoms with Gasteiger partial charge in [0, 0.05) is 5.69 Å². The standard InChI is InChI=1S/C9H13NO3/c10-7-3-1-6(2-4-7)9(13)8(12)5-11/h1-4,8-9,11-13H,5,10H2/t8-,9-/m1/s1. The second-order valence-electron chi connectivity index (χ2n) is 2.86. The molecule has 1 aromatic carbocycles. The maximum atomic E-state index is 9.43. The van der Waals surface area contributed by atoms with Crippen LogP contribution in [0.1, 0.15) is 11.7 Å². The average Bonchev–Trinajstić information content (AvgIpc) is 2.17. The van der Waals surface area contributed by atoms with Crippen molar-refractivity contribution in [3.05, 3.63) is 29.8 Å². The third-order valence-corrected chi connectivity index (χ3v) is 1.83. The normalized spacial score (nSPS) is 15.3. The zero-order chi connectivity index (χ0) is 9.84. The fraction of sp³-hybridized carbons (Fsp3) is 0.333. The van der Waals surface area contributed by atoms with E-state index in [1.807, 2.05) is 0 Å². The molecule has 0 saturated carbocycles. The molecule has 0 bridgehead atoms. The van der Waals surface area contributed by atoms with Crippen LogP contribution in [0.2, 0.25) is 0 Å². The van der Waals surface area contributed by atoms with Crippen LogP contribution >= 0.6 is 0 Å². The summed E-state index contributed by atoms with van der Waals surface area (Å²) in [6.07, 6.45) is -2.21. The fourth-order valence-electron chi connectivity index (χ4n) is 1.02. The first-order valence-electron chi connectivity index (χ1n) is 3.97. The Morgan fingerprint density at radius 3 is 2.15 bits per heavy atom. The van der Waals surface area contributed by atoms with E-state index in [2.05, 4.69) is 0 Å². The molecule has 0 aliphatic rings. The van der Waals surface area contributed by atoms with Gasteiger partial charge in [-0.15, -0.1) is 0 Å². The lowest BCUT2D eigenvalue weighted by molar-refractivity contribution is -0.0152. The average molecular weight is 183 g/mol. The Hall–Kier alpha value is -1.10. The molecule has 0 unspecified atom stereocenters. The van der Waals surface area contributed by atoms with E-state index in [1.165, 1.54) is 0 Å². The summed E-state index contributed by atoms with van der Waals surface area (Å²) >= 11 is 0. The topological polar surface area (TPSA) is 86.7 Å². The first kappa shape index (κ1) is 9.98. The van der Waals surface area contributed by atoms with Crippen LogP contribution in [0.3, 0.4) is 0 Å². The Balaban J connectivity index is 2.77. The summed E-state index contributed by atoms with van der Waals surface area (Å²) < 4.78 is 0. The molecule has 13 heavy (non-hydrogen) atoms. The number of nitrogen functional groups attached to an aromatic ring is 1. The lowest BCUT2D eigenvalue weighted by Crippen LogP contribution is -2.21. The summed E-state index contributed by atoms with van der Waals surface area (Å²) in [5.74, 6) is 0. The van der Waals surface area contributed by atoms with Crippen molar-refractivity contribution in [1.82, 2.24) is 0 Å². The smallest absolute Gasteiger partial charge is 0.107 e. The van der Waals surface area contributed by atoms with Crippen LogP contribution in [-0.2, 0) is 0 Å². The molecule has 0 heterocycles. The van der Waals surface area contributed by atoms with Crippen LogP contribution in [0.15, 0.2) is 24.3 Å². The van der Waals surface area contributed by atoms with Crippen molar-refractivity contribution in [2.24, 2.45) is 0 Å². The first-order chi connectivity index (χ1) is 6.15. The lowest BCUT2D eigenvalue weighted by atomic mass is 10.0. The molecular formula is C9H13NO3. The number of aliphatic hydroxyl groups is 3. The zero-order valence-corrected chi connectivity index (χ0v) is 7.09. The predicted octanol–water partition coefficient (Wildman–Crippen LogP) is -0.345. The van der Waals surface area contributed by atoms with E-state index in [9.17, 15) is 5.11 Å². The molecule has 4 heteroatoms. The van der Waals surface area contributed by atoms with Crippen LogP contribution in [0, 0.1) is 0 Å². The molecule has 0 saturated heterocycles. The molecule has 2 atom stereocenters. The highest BCUT2D eigenvalue weighted by Gasteiger charge is 2.16. The monoisotopic (exact) mass is 183 g/mol. The molecule has 0 aromatic heterocycles. The molecule has 0 radical (unpaired) electrons. The van der Waals surface area contributed by atoms with Crippen molar-refractivity contribution in [2.45, 2.75) is 12.2 Å². The van der Waals surface area contributed by atoms with Crippen molar-refractivity contribution >= 4 is 5.69 Å². The van der Waals surface area contributed by atoms with Gasteiger partial charge in [0.2, 0.25) is 0 Å². The van der Waals surface area contributed by atoms with E-state index >= 15 is 0 Å². The number of benzene rings is 1. The number of hydrogen-bond donors (Lipinski definition) is 4. The highest BCUT2D eigenvalue weighted by Crippen LogP contribution is 2.17. The van der Waals surface area contributed by atoms with E-state index in [1.54, 1.807) is 24.3 Å². The van der Waals surface area contributed by atoms with Crippen LogP contribution in [-0.4, -0.2) is 28.0 Å². The molecule has 0 fully saturated rings. The zero-order valence-electron chi connectivity index (χ0n) is 7.09. The van der Waals surface area contributed by atoms with Crippen molar-refractivity contribution in [2.75, 3.05) is 12.3 Å². The summed E-state index contributed by atoms with van der Waals surface area (Å²) in [4.78, 5) is 0. The molecule has 1 aromatic rings. The SMILES string of the molecule is Nc1ccc([C@@H](O)[C@H](O)CO)cc1. The summed E-state index contributed by atoms with van der Waals surface area (Å²) in [7, 11) is 0. The van der Waals surface area contributed by atoms with Gasteiger partial charge in [-0.25, -0.2) is 0 Å². The van der Waals surface area contributed by atoms with Crippen LogP contribution in [0.25, 0.3) is 0 Å². The Labute approximate surface area is 76.2 Å². The summed E-state index contributed by atoms with van der Waals surface area (Å²) in [5.41, 5.74) is 6.57. The fourth-order valence-corrected chi connectivity index (χ4v) is 1.02. The minimum absolute atomic E-state index is 0.467. The molecule has 72 valence electrons. The Bertz CT molecular complexity index is 260. The van der Waals surface area contributed by atoms with Crippen LogP contribution in [0.5, 0.6) is 0 Å². The highest BCUT2D eigenvalue weighted by molar-refractivity contribution is 5.39. The van der Waals surface area contributed by atoms with E-state index in [0.717, 1.165) is 0 Å². The van der Waals surface area contributed by atoms with Gasteiger partial charge >= 0.3 is 0 Å². The van der Waals surface area contributed by atoms with Crippen LogP contribution in [0.4, 0.5) is 5.69 Å².